The van der Waals surface area contributed by atoms with Gasteiger partial charge >= 0.3 is 5.97 Å². The van der Waals surface area contributed by atoms with Crippen LogP contribution in [0.1, 0.15) is 12.0 Å². The van der Waals surface area contributed by atoms with Crippen molar-refractivity contribution in [2.45, 2.75) is 13.0 Å². The van der Waals surface area contributed by atoms with Crippen LogP contribution in [-0.2, 0) is 16.1 Å². The average molecular weight is 312 g/mol. The normalized spacial score (nSPS) is 21.4. The van der Waals surface area contributed by atoms with E-state index in [1.54, 1.807) is 11.9 Å². The van der Waals surface area contributed by atoms with Gasteiger partial charge in [0.15, 0.2) is 0 Å². The molecule has 4 nitrogen and oxygen atoms in total. The van der Waals surface area contributed by atoms with E-state index in [1.165, 1.54) is 0 Å². The van der Waals surface area contributed by atoms with Crippen molar-refractivity contribution in [1.82, 2.24) is 4.90 Å². The van der Waals surface area contributed by atoms with E-state index < -0.39 is 11.9 Å². The largest absolute Gasteiger partial charge is 0.481 e. The lowest BCUT2D eigenvalue weighted by molar-refractivity contribution is -0.141. The fraction of sp³-hybridized carbons (Fsp3) is 0.385. The Kier molecular flexibility index (Phi) is 3.71. The fourth-order valence-corrected chi connectivity index (χ4v) is 2.46. The number of carbonyl (C=O) groups is 2. The van der Waals surface area contributed by atoms with Crippen LogP contribution in [0.4, 0.5) is 0 Å². The number of benzene rings is 1. The highest BCUT2D eigenvalue weighted by Gasteiger charge is 2.49. The lowest BCUT2D eigenvalue weighted by atomic mass is 10.2. The summed E-state index contributed by atoms with van der Waals surface area (Å²) in [6.45, 7) is 0.501. The molecule has 1 saturated carbocycles. The van der Waals surface area contributed by atoms with Crippen molar-refractivity contribution in [3.63, 3.8) is 0 Å². The third-order valence-electron chi connectivity index (χ3n) is 3.11. The Labute approximate surface area is 114 Å². The molecule has 0 heterocycles. The number of carbonyl (C=O) groups excluding carboxylic acids is 1. The van der Waals surface area contributed by atoms with Gasteiger partial charge in [-0.2, -0.15) is 0 Å². The van der Waals surface area contributed by atoms with Crippen molar-refractivity contribution >= 4 is 27.8 Å². The molecule has 0 radical (unpaired) electrons. The van der Waals surface area contributed by atoms with Gasteiger partial charge in [0.2, 0.25) is 5.91 Å². The monoisotopic (exact) mass is 311 g/mol. The molecule has 96 valence electrons. The van der Waals surface area contributed by atoms with Crippen LogP contribution in [0.2, 0.25) is 0 Å². The van der Waals surface area contributed by atoms with Crippen LogP contribution < -0.4 is 0 Å². The number of rotatable bonds is 4. The van der Waals surface area contributed by atoms with E-state index in [2.05, 4.69) is 15.9 Å². The Hall–Kier alpha value is -1.36. The Bertz CT molecular complexity index is 489. The number of hydrogen-bond donors (Lipinski definition) is 1. The first-order chi connectivity index (χ1) is 8.49. The maximum atomic E-state index is 12.0. The maximum absolute atomic E-state index is 12.0. The zero-order valence-corrected chi connectivity index (χ0v) is 11.6. The highest BCUT2D eigenvalue weighted by Crippen LogP contribution is 2.40. The summed E-state index contributed by atoms with van der Waals surface area (Å²) in [6, 6.07) is 7.73. The minimum absolute atomic E-state index is 0.0811. The molecule has 0 bridgehead atoms. The van der Waals surface area contributed by atoms with Crippen LogP contribution in [0.25, 0.3) is 0 Å². The molecule has 1 aliphatic rings. The molecule has 1 aromatic rings. The molecule has 0 aliphatic heterocycles. The van der Waals surface area contributed by atoms with Gasteiger partial charge in [-0.05, 0) is 24.1 Å². The number of nitrogens with zero attached hydrogens (tertiary/aromatic N) is 1. The van der Waals surface area contributed by atoms with Gasteiger partial charge in [-0.25, -0.2) is 0 Å². The molecular formula is C13H14BrNO3. The minimum atomic E-state index is -0.871. The summed E-state index contributed by atoms with van der Waals surface area (Å²) in [5.41, 5.74) is 1.02. The quantitative estimate of drug-likeness (QED) is 0.926. The first-order valence-corrected chi connectivity index (χ1v) is 6.50. The second-order valence-corrected chi connectivity index (χ2v) is 5.53. The molecule has 1 amide bonds. The SMILES string of the molecule is CN(Cc1cccc(Br)c1)C(=O)C1CC1C(=O)O. The number of aliphatic carboxylic acids is 1. The summed E-state index contributed by atoms with van der Waals surface area (Å²) in [6.07, 6.45) is 0.469. The average Bonchev–Trinajstić information content (AvgIpc) is 3.07. The molecule has 0 saturated heterocycles. The smallest absolute Gasteiger partial charge is 0.307 e. The Morgan fingerprint density at radius 3 is 2.72 bits per heavy atom. The van der Waals surface area contributed by atoms with E-state index in [4.69, 9.17) is 5.11 Å². The predicted molar refractivity (Wildman–Crippen MR) is 69.8 cm³/mol. The molecule has 2 unspecified atom stereocenters. The topological polar surface area (TPSA) is 57.6 Å². The van der Waals surface area contributed by atoms with Crippen LogP contribution in [0.15, 0.2) is 28.7 Å². The second kappa shape index (κ2) is 5.10. The highest BCUT2D eigenvalue weighted by atomic mass is 79.9. The standard InChI is InChI=1S/C13H14BrNO3/c1-15(7-8-3-2-4-9(14)5-8)12(16)10-6-11(10)13(17)18/h2-5,10-11H,6-7H2,1H3,(H,17,18). The second-order valence-electron chi connectivity index (χ2n) is 4.61. The van der Waals surface area contributed by atoms with Crippen LogP contribution in [0, 0.1) is 11.8 Å². The van der Waals surface area contributed by atoms with Crippen LogP contribution >= 0.6 is 15.9 Å². The number of amides is 1. The van der Waals surface area contributed by atoms with Gasteiger partial charge in [0.1, 0.15) is 0 Å². The fourth-order valence-electron chi connectivity index (χ4n) is 2.01. The first-order valence-electron chi connectivity index (χ1n) is 5.71. The minimum Gasteiger partial charge on any atom is -0.481 e. The molecule has 1 N–H and O–H groups in total. The van der Waals surface area contributed by atoms with Gasteiger partial charge in [-0.3, -0.25) is 9.59 Å². The van der Waals surface area contributed by atoms with Gasteiger partial charge in [-0.1, -0.05) is 28.1 Å². The van der Waals surface area contributed by atoms with Crippen molar-refractivity contribution < 1.29 is 14.7 Å². The molecule has 1 fully saturated rings. The number of carboxylic acid groups (broad SMARTS) is 1. The third-order valence-corrected chi connectivity index (χ3v) is 3.60. The van der Waals surface area contributed by atoms with Crippen LogP contribution in [0.5, 0.6) is 0 Å². The van der Waals surface area contributed by atoms with Crippen molar-refractivity contribution in [1.29, 1.82) is 0 Å². The number of halogens is 1. The van der Waals surface area contributed by atoms with Gasteiger partial charge < -0.3 is 10.0 Å². The summed E-state index contributed by atoms with van der Waals surface area (Å²) in [7, 11) is 1.71. The number of carboxylic acids is 1. The summed E-state index contributed by atoms with van der Waals surface area (Å²) >= 11 is 3.38. The van der Waals surface area contributed by atoms with Crippen LogP contribution in [0.3, 0.4) is 0 Å². The molecule has 1 aromatic carbocycles. The van der Waals surface area contributed by atoms with Crippen molar-refractivity contribution in [2.24, 2.45) is 11.8 Å². The van der Waals surface area contributed by atoms with Crippen molar-refractivity contribution in [3.8, 4) is 0 Å². The maximum Gasteiger partial charge on any atom is 0.307 e. The molecule has 2 rings (SSSR count). The lowest BCUT2D eigenvalue weighted by Crippen LogP contribution is -2.28. The van der Waals surface area contributed by atoms with Gasteiger partial charge in [0.25, 0.3) is 0 Å². The third kappa shape index (κ3) is 2.90. The summed E-state index contributed by atoms with van der Waals surface area (Å²) in [5.74, 6) is -1.77. The first kappa shape index (κ1) is 13.1. The van der Waals surface area contributed by atoms with E-state index in [9.17, 15) is 9.59 Å². The van der Waals surface area contributed by atoms with Crippen LogP contribution in [-0.4, -0.2) is 28.9 Å². The predicted octanol–water partition coefficient (Wildman–Crippen LogP) is 2.13. The zero-order chi connectivity index (χ0) is 13.3. The zero-order valence-electron chi connectivity index (χ0n) is 9.97. The molecule has 0 spiro atoms. The van der Waals surface area contributed by atoms with Crippen molar-refractivity contribution in [2.75, 3.05) is 7.05 Å². The molecule has 18 heavy (non-hydrogen) atoms. The Balaban J connectivity index is 1.94. The molecule has 1 aliphatic carbocycles. The van der Waals surface area contributed by atoms with E-state index in [0.29, 0.717) is 13.0 Å². The van der Waals surface area contributed by atoms with Gasteiger partial charge in [0, 0.05) is 18.1 Å². The Morgan fingerprint density at radius 2 is 2.17 bits per heavy atom. The highest BCUT2D eigenvalue weighted by molar-refractivity contribution is 9.10. The van der Waals surface area contributed by atoms with E-state index >= 15 is 0 Å². The lowest BCUT2D eigenvalue weighted by Gasteiger charge is -2.17. The molecule has 0 aromatic heterocycles. The molecule has 2 atom stereocenters. The van der Waals surface area contributed by atoms with Gasteiger partial charge in [-0.15, -0.1) is 0 Å². The van der Waals surface area contributed by atoms with Crippen molar-refractivity contribution in [3.05, 3.63) is 34.3 Å². The van der Waals surface area contributed by atoms with E-state index in [-0.39, 0.29) is 11.8 Å². The van der Waals surface area contributed by atoms with Gasteiger partial charge in [0.05, 0.1) is 11.8 Å². The summed E-state index contributed by atoms with van der Waals surface area (Å²) < 4.78 is 0.968. The molecular weight excluding hydrogens is 298 g/mol. The van der Waals surface area contributed by atoms with E-state index in [0.717, 1.165) is 10.0 Å². The summed E-state index contributed by atoms with van der Waals surface area (Å²) in [4.78, 5) is 24.3. The molecule has 5 heteroatoms. The Morgan fingerprint density at radius 1 is 1.44 bits per heavy atom. The number of hydrogen-bond acceptors (Lipinski definition) is 2. The van der Waals surface area contributed by atoms with E-state index in [1.807, 2.05) is 24.3 Å². The summed E-state index contributed by atoms with van der Waals surface area (Å²) in [5, 5.41) is 8.80.